The van der Waals surface area contributed by atoms with Gasteiger partial charge in [-0.15, -0.1) is 0 Å². The summed E-state index contributed by atoms with van der Waals surface area (Å²) in [5, 5.41) is 19.8. The van der Waals surface area contributed by atoms with Crippen LogP contribution in [0.2, 0.25) is 0 Å². The number of aromatic amines is 2. The highest BCUT2D eigenvalue weighted by Crippen LogP contribution is 2.48. The van der Waals surface area contributed by atoms with E-state index >= 15 is 0 Å². The molecule has 9 heteroatoms. The molecule has 1 saturated carbocycles. The number of piperidine rings is 1. The molecule has 4 N–H and O–H groups in total. The largest absolute Gasteiger partial charge is 0.393 e. The van der Waals surface area contributed by atoms with E-state index in [-0.39, 0.29) is 17.7 Å². The monoisotopic (exact) mass is 353 g/mol. The van der Waals surface area contributed by atoms with Crippen molar-refractivity contribution >= 4 is 22.9 Å². The van der Waals surface area contributed by atoms with Gasteiger partial charge in [-0.3, -0.25) is 5.10 Å². The maximum atomic E-state index is 12.8. The van der Waals surface area contributed by atoms with Crippen LogP contribution in [-0.4, -0.2) is 59.4 Å². The number of likely N-dealkylation sites (tertiary alicyclic amines) is 1. The van der Waals surface area contributed by atoms with Gasteiger partial charge in [-0.05, 0) is 37.8 Å². The third kappa shape index (κ3) is 2.43. The minimum absolute atomic E-state index is 0.155. The number of H-pyrrole nitrogens is 2. The number of fused-ring (bicyclic) bond motifs is 1. The number of nitrogens with one attached hydrogen (secondary N) is 3. The highest BCUT2D eigenvalue weighted by atomic mass is 16.3. The molecule has 9 nitrogen and oxygen atoms in total. The Labute approximate surface area is 148 Å². The van der Waals surface area contributed by atoms with Crippen molar-refractivity contribution in [3.63, 3.8) is 0 Å². The minimum atomic E-state index is -0.309. The number of aliphatic hydroxyl groups is 1. The van der Waals surface area contributed by atoms with Gasteiger partial charge in [0.2, 0.25) is 0 Å². The van der Waals surface area contributed by atoms with Crippen LogP contribution in [0.4, 0.5) is 10.5 Å². The van der Waals surface area contributed by atoms with Crippen molar-refractivity contribution in [2.75, 3.05) is 11.9 Å². The highest BCUT2D eigenvalue weighted by Gasteiger charge is 2.53. The summed E-state index contributed by atoms with van der Waals surface area (Å²) in [5.41, 5.74) is 3.17. The van der Waals surface area contributed by atoms with Crippen LogP contribution in [0.1, 0.15) is 25.7 Å². The summed E-state index contributed by atoms with van der Waals surface area (Å²) in [6, 6.07) is 3.59. The Morgan fingerprint density at radius 3 is 3.12 bits per heavy atom. The Balaban J connectivity index is 1.40. The lowest BCUT2D eigenvalue weighted by atomic mass is 9.98. The summed E-state index contributed by atoms with van der Waals surface area (Å²) in [6.45, 7) is 0.567. The van der Waals surface area contributed by atoms with E-state index in [2.05, 4.69) is 30.5 Å². The second kappa shape index (κ2) is 5.53. The Morgan fingerprint density at radius 2 is 2.27 bits per heavy atom. The summed E-state index contributed by atoms with van der Waals surface area (Å²) in [5.74, 6) is 0. The molecule has 1 aliphatic carbocycles. The molecule has 4 heterocycles. The van der Waals surface area contributed by atoms with Crippen LogP contribution >= 0.6 is 0 Å². The topological polar surface area (TPSA) is 123 Å². The van der Waals surface area contributed by atoms with Gasteiger partial charge in [-0.25, -0.2) is 14.8 Å². The number of imidazole rings is 1. The fourth-order valence-corrected chi connectivity index (χ4v) is 3.82. The number of hydrogen-bond acceptors (Lipinski definition) is 5. The molecule has 3 aromatic heterocycles. The van der Waals surface area contributed by atoms with E-state index in [4.69, 9.17) is 0 Å². The number of nitrogens with zero attached hydrogens (tertiary/aromatic N) is 4. The van der Waals surface area contributed by atoms with Crippen molar-refractivity contribution in [1.29, 1.82) is 0 Å². The number of pyridine rings is 1. The molecule has 1 saturated heterocycles. The number of carbonyl (C=O) groups excluding carboxylic acids is 1. The lowest BCUT2D eigenvalue weighted by Gasteiger charge is -2.38. The van der Waals surface area contributed by atoms with E-state index in [1.165, 1.54) is 0 Å². The molecule has 26 heavy (non-hydrogen) atoms. The number of rotatable bonds is 2. The van der Waals surface area contributed by atoms with E-state index in [1.807, 2.05) is 17.0 Å². The minimum Gasteiger partial charge on any atom is -0.393 e. The van der Waals surface area contributed by atoms with Crippen LogP contribution in [-0.2, 0) is 0 Å². The van der Waals surface area contributed by atoms with E-state index < -0.39 is 0 Å². The third-order valence-electron chi connectivity index (χ3n) is 5.37. The molecule has 134 valence electrons. The first-order valence-electron chi connectivity index (χ1n) is 8.75. The zero-order valence-corrected chi connectivity index (χ0v) is 14.1. The average molecular weight is 353 g/mol. The van der Waals surface area contributed by atoms with Gasteiger partial charge in [0.1, 0.15) is 5.69 Å². The van der Waals surface area contributed by atoms with Crippen LogP contribution in [0, 0.1) is 0 Å². The fourth-order valence-electron chi connectivity index (χ4n) is 3.82. The van der Waals surface area contributed by atoms with Crippen molar-refractivity contribution < 1.29 is 9.90 Å². The second-order valence-electron chi connectivity index (χ2n) is 7.08. The Hall–Kier alpha value is -2.94. The average Bonchev–Trinajstić information content (AvgIpc) is 3.05. The van der Waals surface area contributed by atoms with Crippen LogP contribution in [0.5, 0.6) is 0 Å². The van der Waals surface area contributed by atoms with E-state index in [9.17, 15) is 9.90 Å². The first kappa shape index (κ1) is 15.3. The van der Waals surface area contributed by atoms with Gasteiger partial charge in [0, 0.05) is 12.1 Å². The van der Waals surface area contributed by atoms with Crippen molar-refractivity contribution in [3.8, 4) is 11.4 Å². The Morgan fingerprint density at radius 1 is 1.38 bits per heavy atom. The van der Waals surface area contributed by atoms with E-state index in [1.54, 1.807) is 12.5 Å². The predicted octanol–water partition coefficient (Wildman–Crippen LogP) is 1.87. The second-order valence-corrected chi connectivity index (χ2v) is 7.08. The molecule has 1 unspecified atom stereocenters. The molecule has 5 rings (SSSR count). The number of aromatic nitrogens is 5. The molecule has 2 amide bonds. The molecule has 3 aromatic rings. The summed E-state index contributed by atoms with van der Waals surface area (Å²) in [7, 11) is 0. The van der Waals surface area contributed by atoms with Gasteiger partial charge >= 0.3 is 6.03 Å². The maximum Gasteiger partial charge on any atom is 0.322 e. The molecular formula is C17H19N7O2. The quantitative estimate of drug-likeness (QED) is 0.560. The predicted molar refractivity (Wildman–Crippen MR) is 94.4 cm³/mol. The van der Waals surface area contributed by atoms with Crippen molar-refractivity contribution in [2.24, 2.45) is 0 Å². The molecule has 0 bridgehead atoms. The van der Waals surface area contributed by atoms with Gasteiger partial charge in [0.25, 0.3) is 0 Å². The molecule has 1 aliphatic heterocycles. The van der Waals surface area contributed by atoms with Gasteiger partial charge in [0.15, 0.2) is 5.65 Å². The number of carbonyl (C=O) groups is 1. The molecule has 0 radical (unpaired) electrons. The lowest BCUT2D eigenvalue weighted by Crippen LogP contribution is -2.51. The Bertz CT molecular complexity index is 974. The molecule has 2 aliphatic rings. The summed E-state index contributed by atoms with van der Waals surface area (Å²) < 4.78 is 0. The Kier molecular flexibility index (Phi) is 3.26. The SMILES string of the molecule is O=C(Nc1cn[nH]c1-c1ccc2[nH]cnc2n1)N1CCC(O)CC12CC2. The fraction of sp³-hybridized carbons (Fsp3) is 0.412. The molecule has 1 atom stereocenters. The molecule has 0 aromatic carbocycles. The molecular weight excluding hydrogens is 334 g/mol. The van der Waals surface area contributed by atoms with E-state index in [0.717, 1.165) is 18.4 Å². The summed E-state index contributed by atoms with van der Waals surface area (Å²) in [6.07, 6.45) is 6.05. The standard InChI is InChI=1S/C17H19N7O2/c25-10-3-6-24(17(7-10)4-5-17)16(26)22-13-8-20-23-14(13)11-1-2-12-15(21-11)19-9-18-12/h1-2,8-10,25H,3-7H2,(H,20,23)(H,22,26)(H,18,19,21). The number of urea groups is 1. The number of aliphatic hydroxyl groups excluding tert-OH is 1. The van der Waals surface area contributed by atoms with Gasteiger partial charge in [0.05, 0.1) is 35.5 Å². The zero-order chi connectivity index (χ0) is 17.7. The normalized spacial score (nSPS) is 21.3. The van der Waals surface area contributed by atoms with Crippen LogP contribution in [0.25, 0.3) is 22.6 Å². The summed E-state index contributed by atoms with van der Waals surface area (Å²) in [4.78, 5) is 26.4. The smallest absolute Gasteiger partial charge is 0.322 e. The van der Waals surface area contributed by atoms with Crippen LogP contribution in [0.3, 0.4) is 0 Å². The molecule has 1 spiro atoms. The lowest BCUT2D eigenvalue weighted by molar-refractivity contribution is 0.0527. The maximum absolute atomic E-state index is 12.8. The van der Waals surface area contributed by atoms with Gasteiger partial charge < -0.3 is 20.3 Å². The van der Waals surface area contributed by atoms with Crippen molar-refractivity contribution in [1.82, 2.24) is 30.0 Å². The number of amides is 2. The van der Waals surface area contributed by atoms with Gasteiger partial charge in [-0.1, -0.05) is 0 Å². The van der Waals surface area contributed by atoms with Crippen LogP contribution in [0.15, 0.2) is 24.7 Å². The number of hydrogen-bond donors (Lipinski definition) is 4. The molecule has 2 fully saturated rings. The first-order valence-corrected chi connectivity index (χ1v) is 8.75. The third-order valence-corrected chi connectivity index (χ3v) is 5.37. The van der Waals surface area contributed by atoms with Crippen molar-refractivity contribution in [3.05, 3.63) is 24.7 Å². The van der Waals surface area contributed by atoms with Crippen LogP contribution < -0.4 is 5.32 Å². The highest BCUT2D eigenvalue weighted by molar-refractivity contribution is 5.94. The number of anilines is 1. The van der Waals surface area contributed by atoms with E-state index in [0.29, 0.717) is 42.1 Å². The van der Waals surface area contributed by atoms with Gasteiger partial charge in [-0.2, -0.15) is 5.10 Å². The van der Waals surface area contributed by atoms with Crippen molar-refractivity contribution in [2.45, 2.75) is 37.3 Å². The summed E-state index contributed by atoms with van der Waals surface area (Å²) >= 11 is 0. The zero-order valence-electron chi connectivity index (χ0n) is 14.1. The first-order chi connectivity index (χ1) is 12.6.